The van der Waals surface area contributed by atoms with E-state index in [1.165, 1.54) is 0 Å². The number of nitrogen functional groups attached to an aromatic ring is 2. The maximum Gasteiger partial charge on any atom is 0.255 e. The van der Waals surface area contributed by atoms with Crippen molar-refractivity contribution in [2.75, 3.05) is 37.8 Å². The van der Waals surface area contributed by atoms with Crippen molar-refractivity contribution >= 4 is 29.3 Å². The summed E-state index contributed by atoms with van der Waals surface area (Å²) >= 11 is 6.37. The Hall–Kier alpha value is -3.23. The molecule has 0 bridgehead atoms. The minimum absolute atomic E-state index is 0.139. The number of aryl methyl sites for hydroxylation is 1. The molecule has 1 fully saturated rings. The van der Waals surface area contributed by atoms with Gasteiger partial charge in [-0.1, -0.05) is 17.7 Å². The number of nitrogens with two attached hydrogens (primary N) is 2. The number of carbonyl (C=O) groups is 1. The van der Waals surface area contributed by atoms with Crippen LogP contribution in [-0.2, 0) is 4.74 Å². The molecule has 4 rings (SSSR count). The van der Waals surface area contributed by atoms with Gasteiger partial charge in [-0.15, -0.1) is 0 Å². The second-order valence-corrected chi connectivity index (χ2v) is 7.37. The van der Waals surface area contributed by atoms with Crippen LogP contribution in [0.1, 0.15) is 16.1 Å². The molecule has 1 aliphatic rings. The molecule has 1 aromatic carbocycles. The van der Waals surface area contributed by atoms with E-state index in [4.69, 9.17) is 27.8 Å². The molecule has 1 saturated heterocycles. The van der Waals surface area contributed by atoms with Crippen LogP contribution in [0.2, 0.25) is 5.02 Å². The fourth-order valence-corrected chi connectivity index (χ4v) is 3.67. The second-order valence-electron chi connectivity index (χ2n) is 6.96. The van der Waals surface area contributed by atoms with E-state index in [-0.39, 0.29) is 11.9 Å². The van der Waals surface area contributed by atoms with Crippen LogP contribution in [-0.4, -0.2) is 52.1 Å². The van der Waals surface area contributed by atoms with E-state index >= 15 is 0 Å². The largest absolute Gasteiger partial charge is 0.384 e. The fourth-order valence-electron chi connectivity index (χ4n) is 3.48. The minimum atomic E-state index is -0.139. The van der Waals surface area contributed by atoms with Crippen molar-refractivity contribution in [3.05, 3.63) is 52.8 Å². The van der Waals surface area contributed by atoms with Crippen LogP contribution in [0.4, 0.5) is 11.8 Å². The van der Waals surface area contributed by atoms with Crippen LogP contribution >= 0.6 is 11.6 Å². The minimum Gasteiger partial charge on any atom is -0.384 e. The van der Waals surface area contributed by atoms with E-state index in [1.54, 1.807) is 29.3 Å². The summed E-state index contributed by atoms with van der Waals surface area (Å²) in [5.41, 5.74) is 15.6. The first-order valence-electron chi connectivity index (χ1n) is 9.47. The lowest BCUT2D eigenvalue weighted by Gasteiger charge is -2.27. The van der Waals surface area contributed by atoms with Crippen LogP contribution < -0.4 is 11.5 Å². The third-order valence-electron chi connectivity index (χ3n) is 4.95. The number of nitrogens with zero attached hydrogens (tertiary/aromatic N) is 4. The Bertz CT molecular complexity index is 1100. The summed E-state index contributed by atoms with van der Waals surface area (Å²) in [6.45, 7) is 3.93. The summed E-state index contributed by atoms with van der Waals surface area (Å²) in [5.74, 6) is 0.421. The van der Waals surface area contributed by atoms with Crippen LogP contribution in [0.15, 0.2) is 36.5 Å². The van der Waals surface area contributed by atoms with Crippen molar-refractivity contribution in [3.63, 3.8) is 0 Å². The normalized spacial score (nSPS) is 14.0. The number of pyridine rings is 1. The van der Waals surface area contributed by atoms with E-state index in [0.717, 1.165) is 11.1 Å². The van der Waals surface area contributed by atoms with Crippen LogP contribution in [0.25, 0.3) is 22.4 Å². The molecular formula is C21H21ClN6O2. The topological polar surface area (TPSA) is 120 Å². The average Bonchev–Trinajstić information content (AvgIpc) is 2.75. The molecule has 8 nitrogen and oxygen atoms in total. The molecule has 0 unspecified atom stereocenters. The zero-order valence-corrected chi connectivity index (χ0v) is 17.2. The highest BCUT2D eigenvalue weighted by molar-refractivity contribution is 6.34. The molecule has 30 heavy (non-hydrogen) atoms. The Morgan fingerprint density at radius 2 is 1.83 bits per heavy atom. The summed E-state index contributed by atoms with van der Waals surface area (Å²) in [6, 6.07) is 8.82. The predicted molar refractivity (Wildman–Crippen MR) is 116 cm³/mol. The molecule has 3 heterocycles. The molecule has 3 aromatic rings. The van der Waals surface area contributed by atoms with Gasteiger partial charge in [0.15, 0.2) is 0 Å². The van der Waals surface area contributed by atoms with Gasteiger partial charge in [-0.05, 0) is 31.2 Å². The molecule has 9 heteroatoms. The monoisotopic (exact) mass is 424 g/mol. The Kier molecular flexibility index (Phi) is 5.52. The summed E-state index contributed by atoms with van der Waals surface area (Å²) < 4.78 is 5.34. The molecule has 4 N–H and O–H groups in total. The van der Waals surface area contributed by atoms with Crippen LogP contribution in [0.3, 0.4) is 0 Å². The number of benzene rings is 1. The van der Waals surface area contributed by atoms with E-state index in [1.807, 2.05) is 19.1 Å². The highest BCUT2D eigenvalue weighted by Gasteiger charge is 2.23. The number of morpholine rings is 1. The Labute approximate surface area is 178 Å². The van der Waals surface area contributed by atoms with Crippen LogP contribution in [0.5, 0.6) is 0 Å². The molecule has 1 amide bonds. The molecule has 0 saturated carbocycles. The Morgan fingerprint density at radius 1 is 1.10 bits per heavy atom. The summed E-state index contributed by atoms with van der Waals surface area (Å²) in [6.07, 6.45) is 1.66. The van der Waals surface area contributed by atoms with Gasteiger partial charge in [-0.2, -0.15) is 0 Å². The fraction of sp³-hybridized carbons (Fsp3) is 0.238. The van der Waals surface area contributed by atoms with Crippen molar-refractivity contribution in [2.24, 2.45) is 0 Å². The first kappa shape index (κ1) is 20.1. The van der Waals surface area contributed by atoms with Gasteiger partial charge in [-0.3, -0.25) is 4.79 Å². The van der Waals surface area contributed by atoms with Gasteiger partial charge < -0.3 is 21.1 Å². The number of amides is 1. The molecule has 2 aromatic heterocycles. The highest BCUT2D eigenvalue weighted by Crippen LogP contribution is 2.35. The molecule has 0 atom stereocenters. The average molecular weight is 425 g/mol. The third-order valence-corrected chi connectivity index (χ3v) is 5.28. The second kappa shape index (κ2) is 8.25. The van der Waals surface area contributed by atoms with E-state index in [2.05, 4.69) is 15.0 Å². The zero-order valence-electron chi connectivity index (χ0n) is 16.4. The number of carbonyl (C=O) groups excluding carboxylic acids is 1. The number of aromatic nitrogens is 3. The lowest BCUT2D eigenvalue weighted by molar-refractivity contribution is 0.0303. The van der Waals surface area contributed by atoms with Gasteiger partial charge in [0.1, 0.15) is 5.82 Å². The number of anilines is 2. The number of rotatable bonds is 3. The van der Waals surface area contributed by atoms with Gasteiger partial charge in [0.05, 0.1) is 35.2 Å². The van der Waals surface area contributed by atoms with Crippen molar-refractivity contribution in [3.8, 4) is 22.4 Å². The number of hydrogen-bond acceptors (Lipinski definition) is 7. The van der Waals surface area contributed by atoms with Crippen molar-refractivity contribution < 1.29 is 9.53 Å². The molecule has 0 aliphatic carbocycles. The molecule has 154 valence electrons. The quantitative estimate of drug-likeness (QED) is 0.663. The number of hydrogen-bond donors (Lipinski definition) is 2. The highest BCUT2D eigenvalue weighted by atomic mass is 35.5. The molecule has 0 spiro atoms. The van der Waals surface area contributed by atoms with E-state index in [0.29, 0.717) is 59.7 Å². The molecular weight excluding hydrogens is 404 g/mol. The van der Waals surface area contributed by atoms with Gasteiger partial charge >= 0.3 is 0 Å². The molecule has 0 radical (unpaired) electrons. The Balaban J connectivity index is 1.83. The first-order valence-corrected chi connectivity index (χ1v) is 9.85. The number of ether oxygens (including phenoxy) is 1. The predicted octanol–water partition coefficient (Wildman–Crippen LogP) is 2.80. The third kappa shape index (κ3) is 3.92. The lowest BCUT2D eigenvalue weighted by Crippen LogP contribution is -2.40. The van der Waals surface area contributed by atoms with Crippen molar-refractivity contribution in [1.82, 2.24) is 19.9 Å². The SMILES string of the molecule is Cc1nc(N)nc(-c2ccc(Cl)c(C(=O)N3CCOCC3)c2)c1-c1ccc(N)nc1. The van der Waals surface area contributed by atoms with E-state index in [9.17, 15) is 4.79 Å². The van der Waals surface area contributed by atoms with Gasteiger partial charge in [0.25, 0.3) is 5.91 Å². The maximum absolute atomic E-state index is 13.0. The van der Waals surface area contributed by atoms with Gasteiger partial charge in [-0.25, -0.2) is 15.0 Å². The van der Waals surface area contributed by atoms with Crippen molar-refractivity contribution in [2.45, 2.75) is 6.92 Å². The summed E-state index contributed by atoms with van der Waals surface area (Å²) in [5, 5.41) is 0.379. The summed E-state index contributed by atoms with van der Waals surface area (Å²) in [7, 11) is 0. The van der Waals surface area contributed by atoms with Gasteiger partial charge in [0.2, 0.25) is 5.95 Å². The zero-order chi connectivity index (χ0) is 21.3. The standard InChI is InChI=1S/C21H21ClN6O2/c1-12-18(14-3-5-17(23)25-11-14)19(27-21(24)26-12)13-2-4-16(22)15(10-13)20(29)28-6-8-30-9-7-28/h2-5,10-11H,6-9H2,1H3,(H2,23,25)(H2,24,26,27). The van der Waals surface area contributed by atoms with Crippen molar-refractivity contribution in [1.29, 1.82) is 0 Å². The molecule has 1 aliphatic heterocycles. The lowest BCUT2D eigenvalue weighted by atomic mass is 9.97. The smallest absolute Gasteiger partial charge is 0.255 e. The van der Waals surface area contributed by atoms with Gasteiger partial charge in [0, 0.05) is 36.0 Å². The van der Waals surface area contributed by atoms with Crippen LogP contribution in [0, 0.1) is 6.92 Å². The number of halogens is 1. The van der Waals surface area contributed by atoms with E-state index < -0.39 is 0 Å². The Morgan fingerprint density at radius 3 is 2.53 bits per heavy atom. The maximum atomic E-state index is 13.0. The first-order chi connectivity index (χ1) is 14.4. The summed E-state index contributed by atoms with van der Waals surface area (Å²) in [4.78, 5) is 27.7.